The summed E-state index contributed by atoms with van der Waals surface area (Å²) in [5.74, 6) is 1.83. The number of H-pyrrole nitrogens is 1. The van der Waals surface area contributed by atoms with E-state index in [0.717, 1.165) is 64.7 Å². The zero-order valence-electron chi connectivity index (χ0n) is 18.6. The van der Waals surface area contributed by atoms with Gasteiger partial charge < -0.3 is 19.4 Å². The van der Waals surface area contributed by atoms with Crippen LogP contribution in [0.3, 0.4) is 0 Å². The smallest absolute Gasteiger partial charge is 0.135 e. The third-order valence-corrected chi connectivity index (χ3v) is 7.25. The first-order chi connectivity index (χ1) is 15.6. The third-order valence-electron chi connectivity index (χ3n) is 6.27. The summed E-state index contributed by atoms with van der Waals surface area (Å²) in [5, 5.41) is 12.2. The van der Waals surface area contributed by atoms with E-state index in [2.05, 4.69) is 54.2 Å². The lowest BCUT2D eigenvalue weighted by molar-refractivity contribution is -0.0402. The van der Waals surface area contributed by atoms with Crippen molar-refractivity contribution in [3.05, 3.63) is 52.7 Å². The van der Waals surface area contributed by atoms with Gasteiger partial charge in [0, 0.05) is 47.9 Å². The van der Waals surface area contributed by atoms with E-state index >= 15 is 0 Å². The van der Waals surface area contributed by atoms with Crippen LogP contribution >= 0.6 is 11.8 Å². The Morgan fingerprint density at radius 2 is 2.03 bits per heavy atom. The number of hydrogen-bond donors (Lipinski definition) is 1. The number of fused-ring (bicyclic) bond motifs is 2. The molecule has 0 atom stereocenters. The highest BCUT2D eigenvalue weighted by Crippen LogP contribution is 2.39. The van der Waals surface area contributed by atoms with Gasteiger partial charge in [0.25, 0.3) is 0 Å². The van der Waals surface area contributed by atoms with Gasteiger partial charge in [-0.25, -0.2) is 4.98 Å². The Kier molecular flexibility index (Phi) is 5.85. The molecule has 0 aliphatic carbocycles. The van der Waals surface area contributed by atoms with E-state index in [1.54, 1.807) is 11.8 Å². The number of hydrogen-bond acceptors (Lipinski definition) is 6. The van der Waals surface area contributed by atoms with E-state index in [1.165, 1.54) is 10.9 Å². The highest BCUT2D eigenvalue weighted by molar-refractivity contribution is 7.99. The van der Waals surface area contributed by atoms with Crippen LogP contribution in [0.15, 0.2) is 35.5 Å². The van der Waals surface area contributed by atoms with Crippen molar-refractivity contribution in [1.82, 2.24) is 9.97 Å². The molecule has 7 heteroatoms. The second kappa shape index (κ2) is 8.78. The van der Waals surface area contributed by atoms with E-state index in [9.17, 15) is 5.26 Å². The third kappa shape index (κ3) is 4.11. The van der Waals surface area contributed by atoms with Crippen molar-refractivity contribution in [2.24, 2.45) is 0 Å². The Morgan fingerprint density at radius 3 is 2.84 bits per heavy atom. The molecule has 32 heavy (non-hydrogen) atoms. The Morgan fingerprint density at radius 1 is 1.22 bits per heavy atom. The van der Waals surface area contributed by atoms with Gasteiger partial charge in [-0.15, -0.1) is 11.8 Å². The molecule has 0 unspecified atom stereocenters. The van der Waals surface area contributed by atoms with Gasteiger partial charge in [0.2, 0.25) is 0 Å². The number of para-hydroxylation sites is 1. The molecule has 6 nitrogen and oxygen atoms in total. The molecule has 1 saturated heterocycles. The molecular formula is C25H28N4O2S. The average molecular weight is 449 g/mol. The van der Waals surface area contributed by atoms with Crippen LogP contribution in [0.4, 0.5) is 5.82 Å². The van der Waals surface area contributed by atoms with E-state index in [0.29, 0.717) is 19.8 Å². The lowest BCUT2D eigenvalue weighted by Gasteiger charge is -2.36. The second-order valence-corrected chi connectivity index (χ2v) is 10.1. The fourth-order valence-electron chi connectivity index (χ4n) is 4.58. The summed E-state index contributed by atoms with van der Waals surface area (Å²) < 4.78 is 11.7. The molecular weight excluding hydrogens is 420 g/mol. The van der Waals surface area contributed by atoms with Gasteiger partial charge in [-0.2, -0.15) is 5.26 Å². The maximum Gasteiger partial charge on any atom is 0.135 e. The molecule has 1 N–H and O–H groups in total. The van der Waals surface area contributed by atoms with Crippen molar-refractivity contribution >= 4 is 28.5 Å². The topological polar surface area (TPSA) is 74.2 Å². The molecule has 1 aromatic carbocycles. The first kappa shape index (κ1) is 21.3. The van der Waals surface area contributed by atoms with E-state index in [-0.39, 0.29) is 5.60 Å². The van der Waals surface area contributed by atoms with Gasteiger partial charge in [0.1, 0.15) is 16.9 Å². The summed E-state index contributed by atoms with van der Waals surface area (Å²) in [6, 6.07) is 10.9. The van der Waals surface area contributed by atoms with E-state index in [1.807, 2.05) is 6.07 Å². The van der Waals surface area contributed by atoms with Crippen LogP contribution in [-0.4, -0.2) is 47.6 Å². The Bertz CT molecular complexity index is 1170. The minimum absolute atomic E-state index is 0.284. The maximum absolute atomic E-state index is 10.1. The van der Waals surface area contributed by atoms with Crippen molar-refractivity contribution in [2.45, 2.75) is 43.9 Å². The summed E-state index contributed by atoms with van der Waals surface area (Å²) in [6.45, 7) is 7.71. The fraction of sp³-hybridized carbons (Fsp3) is 0.440. The van der Waals surface area contributed by atoms with Crippen molar-refractivity contribution < 1.29 is 9.47 Å². The number of aryl methyl sites for hydroxylation is 1. The zero-order chi connectivity index (χ0) is 22.1. The van der Waals surface area contributed by atoms with Gasteiger partial charge in [-0.3, -0.25) is 0 Å². The molecule has 5 rings (SSSR count). The number of nitrogens with one attached hydrogen (secondary N) is 1. The molecule has 166 valence electrons. The van der Waals surface area contributed by atoms with Crippen LogP contribution in [0.5, 0.6) is 0 Å². The van der Waals surface area contributed by atoms with Crippen LogP contribution in [0.25, 0.3) is 10.9 Å². The van der Waals surface area contributed by atoms with Gasteiger partial charge in [-0.1, -0.05) is 18.2 Å². The lowest BCUT2D eigenvalue weighted by atomic mass is 9.89. The highest BCUT2D eigenvalue weighted by Gasteiger charge is 2.33. The molecule has 4 heterocycles. The summed E-state index contributed by atoms with van der Waals surface area (Å²) in [5.41, 5.74) is 5.08. The zero-order valence-corrected chi connectivity index (χ0v) is 19.4. The molecule has 2 aliphatic rings. The number of rotatable bonds is 5. The number of thioether (sulfide) groups is 1. The van der Waals surface area contributed by atoms with Gasteiger partial charge in [-0.05, 0) is 37.5 Å². The summed E-state index contributed by atoms with van der Waals surface area (Å²) in [7, 11) is 0. The van der Waals surface area contributed by atoms with Crippen molar-refractivity contribution in [2.75, 3.05) is 37.0 Å². The van der Waals surface area contributed by atoms with Gasteiger partial charge >= 0.3 is 0 Å². The minimum Gasteiger partial charge on any atom is -0.378 e. The average Bonchev–Trinajstić information content (AvgIpc) is 3.21. The number of aromatic nitrogens is 2. The Balaban J connectivity index is 1.46. The van der Waals surface area contributed by atoms with Gasteiger partial charge in [0.05, 0.1) is 31.0 Å². The van der Waals surface area contributed by atoms with E-state index < -0.39 is 0 Å². The first-order valence-electron chi connectivity index (χ1n) is 11.2. The molecule has 0 amide bonds. The largest absolute Gasteiger partial charge is 0.378 e. The molecule has 1 fully saturated rings. The Labute approximate surface area is 192 Å². The molecule has 0 radical (unpaired) electrons. The Hall–Kier alpha value is -2.53. The number of nitriles is 1. The van der Waals surface area contributed by atoms with E-state index in [4.69, 9.17) is 14.5 Å². The molecule has 3 aromatic rings. The fourth-order valence-corrected chi connectivity index (χ4v) is 5.56. The lowest BCUT2D eigenvalue weighted by Crippen LogP contribution is -2.39. The minimum atomic E-state index is -0.284. The predicted molar refractivity (Wildman–Crippen MR) is 127 cm³/mol. The van der Waals surface area contributed by atoms with Crippen molar-refractivity contribution in [1.29, 1.82) is 5.26 Å². The summed E-state index contributed by atoms with van der Waals surface area (Å²) in [6.07, 6.45) is 3.73. The van der Waals surface area contributed by atoms with Crippen LogP contribution < -0.4 is 4.90 Å². The molecule has 0 spiro atoms. The predicted octanol–water partition coefficient (Wildman–Crippen LogP) is 4.46. The van der Waals surface area contributed by atoms with Crippen LogP contribution in [-0.2, 0) is 28.9 Å². The SMILES string of the molecule is CC1(C)Cc2c(C#N)c(SCCc3c[nH]c4ccccc34)nc(N3CCOCC3)c2CO1. The molecule has 0 saturated carbocycles. The number of anilines is 1. The number of ether oxygens (including phenoxy) is 2. The first-order valence-corrected chi connectivity index (χ1v) is 12.1. The number of pyridine rings is 1. The molecule has 2 aliphatic heterocycles. The quantitative estimate of drug-likeness (QED) is 0.581. The van der Waals surface area contributed by atoms with Gasteiger partial charge in [0.15, 0.2) is 0 Å². The maximum atomic E-state index is 10.1. The number of benzene rings is 1. The monoisotopic (exact) mass is 448 g/mol. The summed E-state index contributed by atoms with van der Waals surface area (Å²) >= 11 is 1.68. The normalized spacial score (nSPS) is 17.8. The van der Waals surface area contributed by atoms with Crippen LogP contribution in [0.2, 0.25) is 0 Å². The summed E-state index contributed by atoms with van der Waals surface area (Å²) in [4.78, 5) is 10.7. The molecule has 2 aromatic heterocycles. The van der Waals surface area contributed by atoms with Crippen LogP contribution in [0.1, 0.15) is 36.1 Å². The second-order valence-electron chi connectivity index (χ2n) is 8.97. The number of morpholine rings is 1. The molecule has 0 bridgehead atoms. The number of aromatic amines is 1. The standard InChI is InChI=1S/C25H28N4O2S/c1-25(2)13-19-20(14-26)24(28-23(21(19)16-31-25)29-8-10-30-11-9-29)32-12-7-17-15-27-22-6-4-3-5-18(17)22/h3-6,15,27H,7-13,16H2,1-2H3. The van der Waals surface area contributed by atoms with Crippen LogP contribution in [0, 0.1) is 11.3 Å². The van der Waals surface area contributed by atoms with Crippen molar-refractivity contribution in [3.8, 4) is 6.07 Å². The van der Waals surface area contributed by atoms with Crippen molar-refractivity contribution in [3.63, 3.8) is 0 Å². The number of nitrogens with zero attached hydrogens (tertiary/aromatic N) is 3. The highest BCUT2D eigenvalue weighted by atomic mass is 32.2.